The van der Waals surface area contributed by atoms with Crippen molar-refractivity contribution in [3.05, 3.63) is 0 Å². The second-order valence-electron chi connectivity index (χ2n) is 12.9. The molecule has 0 unspecified atom stereocenters. The normalized spacial score (nSPS) is 61.7. The molecule has 2 saturated heterocycles. The molecule has 0 N–H and O–H groups in total. The molecule has 0 aromatic heterocycles. The van der Waals surface area contributed by atoms with Crippen molar-refractivity contribution in [2.24, 2.45) is 52.3 Å². The molecule has 0 bridgehead atoms. The molecule has 2 heteroatoms. The molecule has 4 saturated carbocycles. The molecule has 6 rings (SSSR count). The van der Waals surface area contributed by atoms with Crippen LogP contribution in [-0.2, 0) is 9.47 Å². The number of hydrogen-bond donors (Lipinski definition) is 0. The van der Waals surface area contributed by atoms with Crippen LogP contribution >= 0.6 is 0 Å². The fourth-order valence-corrected chi connectivity index (χ4v) is 10.3. The van der Waals surface area contributed by atoms with Gasteiger partial charge in [0.05, 0.1) is 12.7 Å². The molecule has 2 heterocycles. The Morgan fingerprint density at radius 2 is 1.66 bits per heavy atom. The van der Waals surface area contributed by atoms with E-state index in [0.29, 0.717) is 28.8 Å². The van der Waals surface area contributed by atoms with Crippen molar-refractivity contribution < 1.29 is 9.47 Å². The highest BCUT2D eigenvalue weighted by atomic mass is 16.7. The summed E-state index contributed by atoms with van der Waals surface area (Å²) in [6.45, 7) is 11.1. The average molecular weight is 401 g/mol. The molecule has 11 atom stereocenters. The quantitative estimate of drug-likeness (QED) is 0.444. The molecular formula is C27H44O2. The van der Waals surface area contributed by atoms with E-state index in [2.05, 4.69) is 27.7 Å². The van der Waals surface area contributed by atoms with Crippen LogP contribution in [0.1, 0.15) is 98.3 Å². The van der Waals surface area contributed by atoms with Crippen LogP contribution in [0.2, 0.25) is 0 Å². The molecule has 0 aromatic rings. The smallest absolute Gasteiger partial charge is 0.171 e. The van der Waals surface area contributed by atoms with Crippen LogP contribution < -0.4 is 0 Å². The number of fused-ring (bicyclic) bond motifs is 7. The molecule has 164 valence electrons. The first-order valence-electron chi connectivity index (χ1n) is 13.2. The second kappa shape index (κ2) is 6.47. The molecule has 6 aliphatic rings. The van der Waals surface area contributed by atoms with Gasteiger partial charge in [0, 0.05) is 12.3 Å². The molecule has 29 heavy (non-hydrogen) atoms. The minimum Gasteiger partial charge on any atom is -0.349 e. The fraction of sp³-hybridized carbons (Fsp3) is 1.00. The first-order chi connectivity index (χ1) is 13.9. The Morgan fingerprint density at radius 1 is 0.793 bits per heavy atom. The lowest BCUT2D eigenvalue weighted by Gasteiger charge is -2.61. The van der Waals surface area contributed by atoms with Crippen molar-refractivity contribution in [1.82, 2.24) is 0 Å². The second-order valence-corrected chi connectivity index (χ2v) is 12.9. The van der Waals surface area contributed by atoms with E-state index in [9.17, 15) is 0 Å². The highest BCUT2D eigenvalue weighted by Crippen LogP contribution is 2.71. The molecule has 2 nitrogen and oxygen atoms in total. The van der Waals surface area contributed by atoms with Crippen LogP contribution in [0.25, 0.3) is 0 Å². The van der Waals surface area contributed by atoms with Crippen LogP contribution in [0.3, 0.4) is 0 Å². The maximum Gasteiger partial charge on any atom is 0.171 e. The third kappa shape index (κ3) is 2.54. The van der Waals surface area contributed by atoms with Gasteiger partial charge in [-0.05, 0) is 97.7 Å². The zero-order valence-electron chi connectivity index (χ0n) is 19.4. The van der Waals surface area contributed by atoms with Crippen molar-refractivity contribution in [2.75, 3.05) is 6.61 Å². The van der Waals surface area contributed by atoms with Crippen LogP contribution in [-0.4, -0.2) is 18.5 Å². The highest BCUT2D eigenvalue weighted by Gasteiger charge is 2.68. The molecule has 0 amide bonds. The van der Waals surface area contributed by atoms with Gasteiger partial charge in [-0.3, -0.25) is 0 Å². The Balaban J connectivity index is 1.27. The zero-order valence-corrected chi connectivity index (χ0v) is 19.4. The Morgan fingerprint density at radius 3 is 2.45 bits per heavy atom. The van der Waals surface area contributed by atoms with Gasteiger partial charge in [0.2, 0.25) is 0 Å². The highest BCUT2D eigenvalue weighted by molar-refractivity contribution is 5.15. The lowest BCUT2D eigenvalue weighted by atomic mass is 9.44. The van der Waals surface area contributed by atoms with Gasteiger partial charge in [-0.15, -0.1) is 0 Å². The van der Waals surface area contributed by atoms with Gasteiger partial charge in [0.25, 0.3) is 0 Å². The number of ether oxygens (including phenoxy) is 2. The summed E-state index contributed by atoms with van der Waals surface area (Å²) < 4.78 is 13.4. The maximum atomic E-state index is 6.92. The van der Waals surface area contributed by atoms with Crippen LogP contribution in [0.15, 0.2) is 0 Å². The van der Waals surface area contributed by atoms with Crippen LogP contribution in [0.5, 0.6) is 0 Å². The van der Waals surface area contributed by atoms with Crippen molar-refractivity contribution in [3.8, 4) is 0 Å². The summed E-state index contributed by atoms with van der Waals surface area (Å²) in [6.07, 6.45) is 16.2. The average Bonchev–Trinajstić information content (AvgIpc) is 3.15. The summed E-state index contributed by atoms with van der Waals surface area (Å²) in [4.78, 5) is 0. The molecule has 4 aliphatic carbocycles. The van der Waals surface area contributed by atoms with E-state index in [4.69, 9.17) is 9.47 Å². The lowest BCUT2D eigenvalue weighted by Crippen LogP contribution is -2.54. The van der Waals surface area contributed by atoms with Crippen molar-refractivity contribution in [3.63, 3.8) is 0 Å². The summed E-state index contributed by atoms with van der Waals surface area (Å²) in [6, 6.07) is 0. The first-order valence-corrected chi connectivity index (χ1v) is 13.2. The third-order valence-electron chi connectivity index (χ3n) is 11.9. The van der Waals surface area contributed by atoms with Gasteiger partial charge in [-0.1, -0.05) is 40.5 Å². The first kappa shape index (κ1) is 19.6. The van der Waals surface area contributed by atoms with Crippen LogP contribution in [0.4, 0.5) is 0 Å². The summed E-state index contributed by atoms with van der Waals surface area (Å²) >= 11 is 0. The summed E-state index contributed by atoms with van der Waals surface area (Å²) in [7, 11) is 0. The van der Waals surface area contributed by atoms with Gasteiger partial charge in [0.1, 0.15) is 0 Å². The third-order valence-corrected chi connectivity index (χ3v) is 11.9. The summed E-state index contributed by atoms with van der Waals surface area (Å²) in [5.74, 6) is 5.62. The van der Waals surface area contributed by atoms with E-state index < -0.39 is 0 Å². The zero-order chi connectivity index (χ0) is 20.0. The summed E-state index contributed by atoms with van der Waals surface area (Å²) in [5, 5.41) is 0. The maximum absolute atomic E-state index is 6.92. The molecule has 6 fully saturated rings. The van der Waals surface area contributed by atoms with Crippen molar-refractivity contribution in [2.45, 2.75) is 110 Å². The van der Waals surface area contributed by atoms with Crippen molar-refractivity contribution in [1.29, 1.82) is 0 Å². The van der Waals surface area contributed by atoms with Crippen molar-refractivity contribution >= 4 is 0 Å². The van der Waals surface area contributed by atoms with Gasteiger partial charge in [0.15, 0.2) is 5.79 Å². The van der Waals surface area contributed by atoms with E-state index in [-0.39, 0.29) is 5.79 Å². The van der Waals surface area contributed by atoms with E-state index in [0.717, 1.165) is 42.6 Å². The van der Waals surface area contributed by atoms with Gasteiger partial charge >= 0.3 is 0 Å². The SMILES string of the molecule is C[C@H]1CC[C@@]2(OC1)O[C@H]1C[C@H]3[C@@H]4CC[C@@H]5CCCC[C@]5(C)[C@H]4CC[C@]3(C)[C@@H]1[C@@H]2C. The standard InChI is InChI=1S/C27H44O2/c1-17-10-14-27(28-16-17)18(2)24-23(29-27)15-22-20-9-8-19-7-5-6-12-25(19,3)21(20)11-13-26(22,24)4/h17-24H,5-16H2,1-4H3/t17-,18-,19-,20+,21-,22-,23-,24+,25-,26-,27+/m0/s1. The molecule has 1 spiro atoms. The Hall–Kier alpha value is -0.0800. The Kier molecular flexibility index (Phi) is 4.37. The Labute approximate surface area is 178 Å². The van der Waals surface area contributed by atoms with E-state index in [1.807, 2.05) is 0 Å². The van der Waals surface area contributed by atoms with Gasteiger partial charge in [-0.2, -0.15) is 0 Å². The summed E-state index contributed by atoms with van der Waals surface area (Å²) in [5.41, 5.74) is 1.13. The fourth-order valence-electron chi connectivity index (χ4n) is 10.3. The minimum atomic E-state index is -0.250. The molecular weight excluding hydrogens is 356 g/mol. The largest absolute Gasteiger partial charge is 0.349 e. The molecule has 0 aromatic carbocycles. The minimum absolute atomic E-state index is 0.250. The predicted molar refractivity (Wildman–Crippen MR) is 116 cm³/mol. The number of rotatable bonds is 0. The van der Waals surface area contributed by atoms with Gasteiger partial charge < -0.3 is 9.47 Å². The predicted octanol–water partition coefficient (Wildman–Crippen LogP) is 6.82. The molecule has 0 radical (unpaired) electrons. The monoisotopic (exact) mass is 400 g/mol. The number of hydrogen-bond acceptors (Lipinski definition) is 2. The Bertz CT molecular complexity index is 651. The van der Waals surface area contributed by atoms with Gasteiger partial charge in [-0.25, -0.2) is 0 Å². The van der Waals surface area contributed by atoms with E-state index >= 15 is 0 Å². The van der Waals surface area contributed by atoms with E-state index in [1.165, 1.54) is 64.2 Å². The molecule has 2 aliphatic heterocycles. The topological polar surface area (TPSA) is 18.5 Å². The lowest BCUT2D eigenvalue weighted by molar-refractivity contribution is -0.273. The van der Waals surface area contributed by atoms with Crippen LogP contribution in [0, 0.1) is 52.3 Å². The van der Waals surface area contributed by atoms with E-state index in [1.54, 1.807) is 0 Å².